The molecule has 102 valence electrons. The monoisotopic (exact) mass is 257 g/mol. The number of carbonyl (C=O) groups is 2. The number of ether oxygens (including phenoxy) is 2. The highest BCUT2D eigenvalue weighted by molar-refractivity contribution is 5.82. The maximum atomic E-state index is 12.1. The normalized spacial score (nSPS) is 25.8. The molecule has 6 nitrogen and oxygen atoms in total. The van der Waals surface area contributed by atoms with Crippen LogP contribution in [0.2, 0.25) is 0 Å². The van der Waals surface area contributed by atoms with Crippen molar-refractivity contribution in [2.75, 3.05) is 26.3 Å². The Hall–Kier alpha value is -1.14. The summed E-state index contributed by atoms with van der Waals surface area (Å²) < 4.78 is 10.6. The Balaban J connectivity index is 1.80. The molecule has 1 aliphatic heterocycles. The summed E-state index contributed by atoms with van der Waals surface area (Å²) >= 11 is 0. The van der Waals surface area contributed by atoms with Crippen molar-refractivity contribution in [3.8, 4) is 0 Å². The van der Waals surface area contributed by atoms with Crippen molar-refractivity contribution in [3.63, 3.8) is 0 Å². The molecule has 0 bridgehead atoms. The SMILES string of the molecule is C[C@@H](OCC1CC1)C(=O)N1CCO[C@H](C(=O)O)C1. The number of nitrogens with zero attached hydrogens (tertiary/aromatic N) is 1. The molecule has 2 fully saturated rings. The lowest BCUT2D eigenvalue weighted by Crippen LogP contribution is -2.51. The van der Waals surface area contributed by atoms with Crippen LogP contribution in [0.15, 0.2) is 0 Å². The van der Waals surface area contributed by atoms with Gasteiger partial charge in [0.2, 0.25) is 0 Å². The van der Waals surface area contributed by atoms with Crippen LogP contribution < -0.4 is 0 Å². The molecule has 18 heavy (non-hydrogen) atoms. The van der Waals surface area contributed by atoms with E-state index in [1.807, 2.05) is 0 Å². The average molecular weight is 257 g/mol. The number of hydrogen-bond donors (Lipinski definition) is 1. The summed E-state index contributed by atoms with van der Waals surface area (Å²) in [6.45, 7) is 3.14. The summed E-state index contributed by atoms with van der Waals surface area (Å²) in [5.74, 6) is -0.569. The van der Waals surface area contributed by atoms with Gasteiger partial charge in [0.25, 0.3) is 5.91 Å². The summed E-state index contributed by atoms with van der Waals surface area (Å²) in [5.41, 5.74) is 0. The van der Waals surface area contributed by atoms with Crippen molar-refractivity contribution in [2.24, 2.45) is 5.92 Å². The second kappa shape index (κ2) is 5.67. The molecule has 1 heterocycles. The standard InChI is InChI=1S/C12H19NO5/c1-8(18-7-9-2-3-9)11(14)13-4-5-17-10(6-13)12(15)16/h8-10H,2-7H2,1H3,(H,15,16)/t8-,10+/m1/s1. The number of rotatable bonds is 5. The van der Waals surface area contributed by atoms with Crippen molar-refractivity contribution in [1.29, 1.82) is 0 Å². The minimum Gasteiger partial charge on any atom is -0.479 e. The number of morpholine rings is 1. The number of hydrogen-bond acceptors (Lipinski definition) is 4. The van der Waals surface area contributed by atoms with E-state index in [0.29, 0.717) is 19.1 Å². The topological polar surface area (TPSA) is 76.1 Å². The molecular formula is C12H19NO5. The minimum absolute atomic E-state index is 0.102. The van der Waals surface area contributed by atoms with E-state index >= 15 is 0 Å². The lowest BCUT2D eigenvalue weighted by molar-refractivity contribution is -0.163. The summed E-state index contributed by atoms with van der Waals surface area (Å²) in [7, 11) is 0. The van der Waals surface area contributed by atoms with Crippen molar-refractivity contribution in [3.05, 3.63) is 0 Å². The minimum atomic E-state index is -1.03. The molecule has 1 saturated carbocycles. The van der Waals surface area contributed by atoms with Gasteiger partial charge < -0.3 is 19.5 Å². The average Bonchev–Trinajstić information content (AvgIpc) is 3.19. The fourth-order valence-electron chi connectivity index (χ4n) is 1.89. The fraction of sp³-hybridized carbons (Fsp3) is 0.833. The van der Waals surface area contributed by atoms with Gasteiger partial charge in [0, 0.05) is 6.54 Å². The van der Waals surface area contributed by atoms with E-state index < -0.39 is 18.2 Å². The Labute approximate surface area is 106 Å². The smallest absolute Gasteiger partial charge is 0.334 e. The zero-order chi connectivity index (χ0) is 13.1. The van der Waals surface area contributed by atoms with Crippen LogP contribution in [0.3, 0.4) is 0 Å². The van der Waals surface area contributed by atoms with Gasteiger partial charge in [-0.15, -0.1) is 0 Å². The molecule has 2 rings (SSSR count). The Kier molecular flexibility index (Phi) is 4.19. The summed E-state index contributed by atoms with van der Waals surface area (Å²) in [6.07, 6.45) is 0.940. The number of carbonyl (C=O) groups excluding carboxylic acids is 1. The molecule has 0 unspecified atom stereocenters. The maximum absolute atomic E-state index is 12.1. The molecule has 0 aromatic carbocycles. The first-order chi connectivity index (χ1) is 8.58. The number of carboxylic acid groups (broad SMARTS) is 1. The van der Waals surface area contributed by atoms with Gasteiger partial charge in [-0.05, 0) is 25.7 Å². The molecule has 1 aliphatic carbocycles. The molecule has 0 aromatic heterocycles. The molecule has 2 aliphatic rings. The van der Waals surface area contributed by atoms with Gasteiger partial charge >= 0.3 is 5.97 Å². The first kappa shape index (κ1) is 13.3. The summed E-state index contributed by atoms with van der Waals surface area (Å²) in [6, 6.07) is 0. The van der Waals surface area contributed by atoms with Crippen LogP contribution in [-0.4, -0.2) is 60.4 Å². The quantitative estimate of drug-likeness (QED) is 0.756. The Morgan fingerprint density at radius 3 is 2.83 bits per heavy atom. The van der Waals surface area contributed by atoms with Gasteiger partial charge in [-0.25, -0.2) is 4.79 Å². The number of carboxylic acids is 1. The zero-order valence-corrected chi connectivity index (χ0v) is 10.5. The van der Waals surface area contributed by atoms with Gasteiger partial charge in [-0.3, -0.25) is 4.79 Å². The fourth-order valence-corrected chi connectivity index (χ4v) is 1.89. The highest BCUT2D eigenvalue weighted by Gasteiger charge is 2.32. The van der Waals surface area contributed by atoms with Gasteiger partial charge in [0.15, 0.2) is 6.10 Å². The lowest BCUT2D eigenvalue weighted by atomic mass is 10.2. The Bertz CT molecular complexity index is 328. The van der Waals surface area contributed by atoms with E-state index in [1.54, 1.807) is 6.92 Å². The van der Waals surface area contributed by atoms with Crippen molar-refractivity contribution >= 4 is 11.9 Å². The molecule has 2 atom stereocenters. The lowest BCUT2D eigenvalue weighted by Gasteiger charge is -2.32. The van der Waals surface area contributed by atoms with E-state index in [9.17, 15) is 9.59 Å². The van der Waals surface area contributed by atoms with E-state index in [4.69, 9.17) is 14.6 Å². The van der Waals surface area contributed by atoms with Crippen LogP contribution >= 0.6 is 0 Å². The third-order valence-corrected chi connectivity index (χ3v) is 3.28. The highest BCUT2D eigenvalue weighted by Crippen LogP contribution is 2.29. The maximum Gasteiger partial charge on any atom is 0.334 e. The van der Waals surface area contributed by atoms with Gasteiger partial charge in [-0.2, -0.15) is 0 Å². The Morgan fingerprint density at radius 1 is 1.50 bits per heavy atom. The van der Waals surface area contributed by atoms with Crippen LogP contribution in [0, 0.1) is 5.92 Å². The van der Waals surface area contributed by atoms with Crippen molar-refractivity contribution < 1.29 is 24.2 Å². The van der Waals surface area contributed by atoms with Crippen molar-refractivity contribution in [2.45, 2.75) is 32.0 Å². The molecular weight excluding hydrogens is 238 g/mol. The van der Waals surface area contributed by atoms with Crippen molar-refractivity contribution in [1.82, 2.24) is 4.90 Å². The zero-order valence-electron chi connectivity index (χ0n) is 10.5. The Morgan fingerprint density at radius 2 is 2.22 bits per heavy atom. The van der Waals surface area contributed by atoms with Crippen LogP contribution in [0.4, 0.5) is 0 Å². The van der Waals surface area contributed by atoms with Crippen LogP contribution in [0.25, 0.3) is 0 Å². The van der Waals surface area contributed by atoms with E-state index in [1.165, 1.54) is 17.7 Å². The summed E-state index contributed by atoms with van der Waals surface area (Å²) in [5, 5.41) is 8.87. The molecule has 1 saturated heterocycles. The first-order valence-corrected chi connectivity index (χ1v) is 6.32. The predicted molar refractivity (Wildman–Crippen MR) is 62.1 cm³/mol. The van der Waals surface area contributed by atoms with Crippen LogP contribution in [-0.2, 0) is 19.1 Å². The second-order valence-corrected chi connectivity index (χ2v) is 4.90. The largest absolute Gasteiger partial charge is 0.479 e. The molecule has 1 amide bonds. The van der Waals surface area contributed by atoms with Gasteiger partial charge in [0.05, 0.1) is 19.8 Å². The highest BCUT2D eigenvalue weighted by atomic mass is 16.5. The molecule has 6 heteroatoms. The van der Waals surface area contributed by atoms with E-state index in [2.05, 4.69) is 0 Å². The molecule has 0 radical (unpaired) electrons. The third-order valence-electron chi connectivity index (χ3n) is 3.28. The van der Waals surface area contributed by atoms with Crippen LogP contribution in [0.1, 0.15) is 19.8 Å². The predicted octanol–water partition coefficient (Wildman–Crippen LogP) is 0.114. The van der Waals surface area contributed by atoms with Gasteiger partial charge in [0.1, 0.15) is 6.10 Å². The third kappa shape index (κ3) is 3.43. The second-order valence-electron chi connectivity index (χ2n) is 4.90. The molecule has 1 N–H and O–H groups in total. The van der Waals surface area contributed by atoms with E-state index in [0.717, 1.165) is 0 Å². The van der Waals surface area contributed by atoms with E-state index in [-0.39, 0.29) is 19.1 Å². The van der Waals surface area contributed by atoms with Crippen LogP contribution in [0.5, 0.6) is 0 Å². The molecule has 0 aromatic rings. The molecule has 0 spiro atoms. The summed E-state index contributed by atoms with van der Waals surface area (Å²) in [4.78, 5) is 24.4. The van der Waals surface area contributed by atoms with Gasteiger partial charge in [-0.1, -0.05) is 0 Å². The number of amides is 1. The first-order valence-electron chi connectivity index (χ1n) is 6.32. The number of aliphatic carboxylic acids is 1.